The van der Waals surface area contributed by atoms with Crippen molar-refractivity contribution in [3.05, 3.63) is 53.6 Å². The summed E-state index contributed by atoms with van der Waals surface area (Å²) >= 11 is 1.73. The van der Waals surface area contributed by atoms with Crippen LogP contribution >= 0.6 is 11.8 Å². The Labute approximate surface area is 122 Å². The quantitative estimate of drug-likeness (QED) is 0.556. The number of rotatable bonds is 3. The third kappa shape index (κ3) is 2.65. The van der Waals surface area contributed by atoms with Crippen LogP contribution in [0, 0.1) is 6.92 Å². The standard InChI is InChI=1S/C16H17N3S/c1-10-3-8-14-15(9-10)19-16(18-14)20-11(2)12-4-6-13(17)7-5-12/h3-9,11H,17H2,1-2H3,(H,18,19). The van der Waals surface area contributed by atoms with Gasteiger partial charge in [0.05, 0.1) is 11.0 Å². The largest absolute Gasteiger partial charge is 0.399 e. The molecule has 3 rings (SSSR count). The third-order valence-corrected chi connectivity index (χ3v) is 4.35. The minimum Gasteiger partial charge on any atom is -0.399 e. The van der Waals surface area contributed by atoms with E-state index in [0.29, 0.717) is 5.25 Å². The van der Waals surface area contributed by atoms with Crippen molar-refractivity contribution >= 4 is 28.5 Å². The summed E-state index contributed by atoms with van der Waals surface area (Å²) < 4.78 is 0. The van der Waals surface area contributed by atoms with Crippen LogP contribution in [0.3, 0.4) is 0 Å². The number of hydrogen-bond acceptors (Lipinski definition) is 3. The number of nitrogens with two attached hydrogens (primary N) is 1. The minimum absolute atomic E-state index is 0.331. The maximum atomic E-state index is 5.72. The van der Waals surface area contributed by atoms with Gasteiger partial charge in [0.25, 0.3) is 0 Å². The minimum atomic E-state index is 0.331. The van der Waals surface area contributed by atoms with Crippen LogP contribution in [-0.4, -0.2) is 9.97 Å². The topological polar surface area (TPSA) is 54.7 Å². The van der Waals surface area contributed by atoms with Gasteiger partial charge in [-0.3, -0.25) is 0 Å². The molecule has 0 aliphatic rings. The summed E-state index contributed by atoms with van der Waals surface area (Å²) in [5, 5.41) is 1.28. The van der Waals surface area contributed by atoms with Gasteiger partial charge in [-0.05, 0) is 49.2 Å². The van der Waals surface area contributed by atoms with Gasteiger partial charge in [0.15, 0.2) is 5.16 Å². The molecule has 0 aliphatic carbocycles. The summed E-state index contributed by atoms with van der Waals surface area (Å²) in [5.74, 6) is 0. The van der Waals surface area contributed by atoms with Crippen molar-refractivity contribution in [2.24, 2.45) is 0 Å². The molecule has 0 aliphatic heterocycles. The highest BCUT2D eigenvalue weighted by molar-refractivity contribution is 7.99. The van der Waals surface area contributed by atoms with Gasteiger partial charge in [-0.2, -0.15) is 0 Å². The van der Waals surface area contributed by atoms with Crippen molar-refractivity contribution in [2.75, 3.05) is 5.73 Å². The molecule has 2 aromatic carbocycles. The predicted molar refractivity (Wildman–Crippen MR) is 86.0 cm³/mol. The number of nitrogens with zero attached hydrogens (tertiary/aromatic N) is 1. The molecule has 0 saturated heterocycles. The molecule has 102 valence electrons. The maximum Gasteiger partial charge on any atom is 0.166 e. The van der Waals surface area contributed by atoms with Crippen molar-refractivity contribution < 1.29 is 0 Å². The van der Waals surface area contributed by atoms with E-state index in [9.17, 15) is 0 Å². The summed E-state index contributed by atoms with van der Waals surface area (Å²) in [7, 11) is 0. The van der Waals surface area contributed by atoms with Gasteiger partial charge in [0.1, 0.15) is 0 Å². The first-order chi connectivity index (χ1) is 9.61. The van der Waals surface area contributed by atoms with Crippen molar-refractivity contribution in [3.63, 3.8) is 0 Å². The number of aryl methyl sites for hydroxylation is 1. The fourth-order valence-corrected chi connectivity index (χ4v) is 3.11. The number of fused-ring (bicyclic) bond motifs is 1. The van der Waals surface area contributed by atoms with Crippen LogP contribution in [0.4, 0.5) is 5.69 Å². The third-order valence-electron chi connectivity index (χ3n) is 3.31. The maximum absolute atomic E-state index is 5.72. The van der Waals surface area contributed by atoms with Crippen LogP contribution in [0.2, 0.25) is 0 Å². The summed E-state index contributed by atoms with van der Waals surface area (Å²) in [5.41, 5.74) is 11.1. The lowest BCUT2D eigenvalue weighted by Gasteiger charge is -2.09. The number of benzene rings is 2. The average molecular weight is 283 g/mol. The molecule has 1 atom stereocenters. The van der Waals surface area contributed by atoms with Crippen molar-refractivity contribution in [1.82, 2.24) is 9.97 Å². The van der Waals surface area contributed by atoms with Crippen LogP contribution in [0.15, 0.2) is 47.6 Å². The van der Waals surface area contributed by atoms with E-state index in [-0.39, 0.29) is 0 Å². The molecular formula is C16H17N3S. The molecule has 20 heavy (non-hydrogen) atoms. The molecule has 0 radical (unpaired) electrons. The van der Waals surface area contributed by atoms with Crippen LogP contribution in [0.25, 0.3) is 11.0 Å². The smallest absolute Gasteiger partial charge is 0.166 e. The van der Waals surface area contributed by atoms with Crippen LogP contribution < -0.4 is 5.73 Å². The van der Waals surface area contributed by atoms with E-state index in [0.717, 1.165) is 21.9 Å². The van der Waals surface area contributed by atoms with E-state index in [4.69, 9.17) is 5.73 Å². The van der Waals surface area contributed by atoms with E-state index in [1.54, 1.807) is 11.8 Å². The van der Waals surface area contributed by atoms with E-state index in [1.807, 2.05) is 12.1 Å². The first-order valence-corrected chi connectivity index (χ1v) is 7.48. The summed E-state index contributed by atoms with van der Waals surface area (Å²) in [6.45, 7) is 4.26. The Morgan fingerprint density at radius 3 is 2.65 bits per heavy atom. The van der Waals surface area contributed by atoms with E-state index in [2.05, 4.69) is 54.1 Å². The summed E-state index contributed by atoms with van der Waals surface area (Å²) in [6.07, 6.45) is 0. The molecule has 3 aromatic rings. The molecule has 1 aromatic heterocycles. The molecule has 1 unspecified atom stereocenters. The van der Waals surface area contributed by atoms with Gasteiger partial charge in [-0.15, -0.1) is 0 Å². The normalized spacial score (nSPS) is 12.7. The Balaban J connectivity index is 1.83. The SMILES string of the molecule is Cc1ccc2nc(SC(C)c3ccc(N)cc3)[nH]c2c1. The lowest BCUT2D eigenvalue weighted by atomic mass is 10.1. The number of H-pyrrole nitrogens is 1. The highest BCUT2D eigenvalue weighted by Crippen LogP contribution is 2.34. The molecule has 0 bridgehead atoms. The van der Waals surface area contributed by atoms with Crippen molar-refractivity contribution in [3.8, 4) is 0 Å². The second-order valence-corrected chi connectivity index (χ2v) is 6.32. The summed E-state index contributed by atoms with van der Waals surface area (Å²) in [4.78, 5) is 8.00. The lowest BCUT2D eigenvalue weighted by Crippen LogP contribution is -1.90. The van der Waals surface area contributed by atoms with Gasteiger partial charge in [0.2, 0.25) is 0 Å². The zero-order valence-corrected chi connectivity index (χ0v) is 12.4. The zero-order valence-electron chi connectivity index (χ0n) is 11.6. The number of aromatic amines is 1. The monoisotopic (exact) mass is 283 g/mol. The molecule has 0 fully saturated rings. The molecule has 0 saturated carbocycles. The molecule has 3 N–H and O–H groups in total. The van der Waals surface area contributed by atoms with Gasteiger partial charge in [-0.25, -0.2) is 4.98 Å². The second-order valence-electron chi connectivity index (χ2n) is 4.99. The number of hydrogen-bond donors (Lipinski definition) is 2. The van der Waals surface area contributed by atoms with Crippen LogP contribution in [-0.2, 0) is 0 Å². The van der Waals surface area contributed by atoms with Crippen molar-refractivity contribution in [1.29, 1.82) is 0 Å². The number of anilines is 1. The van der Waals surface area contributed by atoms with Gasteiger partial charge in [-0.1, -0.05) is 30.0 Å². The molecule has 0 amide bonds. The highest BCUT2D eigenvalue weighted by Gasteiger charge is 2.10. The Hall–Kier alpha value is -1.94. The fourth-order valence-electron chi connectivity index (χ4n) is 2.16. The Bertz CT molecular complexity index is 731. The van der Waals surface area contributed by atoms with Gasteiger partial charge in [0, 0.05) is 10.9 Å². The number of nitrogens with one attached hydrogen (secondary N) is 1. The Morgan fingerprint density at radius 2 is 1.90 bits per heavy atom. The predicted octanol–water partition coefficient (Wildman–Crippen LogP) is 4.31. The average Bonchev–Trinajstić information content (AvgIpc) is 2.80. The first-order valence-electron chi connectivity index (χ1n) is 6.60. The Kier molecular flexibility index (Phi) is 3.40. The number of thioether (sulfide) groups is 1. The van der Waals surface area contributed by atoms with E-state index < -0.39 is 0 Å². The van der Waals surface area contributed by atoms with Gasteiger partial charge >= 0.3 is 0 Å². The zero-order chi connectivity index (χ0) is 14.1. The molecular weight excluding hydrogens is 266 g/mol. The second kappa shape index (κ2) is 5.21. The van der Waals surface area contributed by atoms with E-state index in [1.165, 1.54) is 11.1 Å². The molecule has 3 nitrogen and oxygen atoms in total. The molecule has 4 heteroatoms. The van der Waals surface area contributed by atoms with E-state index >= 15 is 0 Å². The fraction of sp³-hybridized carbons (Fsp3) is 0.188. The molecule has 1 heterocycles. The van der Waals surface area contributed by atoms with Crippen LogP contribution in [0.1, 0.15) is 23.3 Å². The lowest BCUT2D eigenvalue weighted by molar-refractivity contribution is 1.03. The number of nitrogen functional groups attached to an aromatic ring is 1. The van der Waals surface area contributed by atoms with Crippen LogP contribution in [0.5, 0.6) is 0 Å². The summed E-state index contributed by atoms with van der Waals surface area (Å²) in [6, 6.07) is 14.3. The Morgan fingerprint density at radius 1 is 1.15 bits per heavy atom. The first kappa shape index (κ1) is 13.1. The van der Waals surface area contributed by atoms with Crippen molar-refractivity contribution in [2.45, 2.75) is 24.3 Å². The number of aromatic nitrogens is 2. The number of imidazole rings is 1. The highest BCUT2D eigenvalue weighted by atomic mass is 32.2. The molecule has 0 spiro atoms. The van der Waals surface area contributed by atoms with Gasteiger partial charge < -0.3 is 10.7 Å².